The van der Waals surface area contributed by atoms with Crippen molar-refractivity contribution in [1.82, 2.24) is 0 Å². The zero-order valence-corrected chi connectivity index (χ0v) is 13.3. The van der Waals surface area contributed by atoms with Crippen molar-refractivity contribution in [3.05, 3.63) is 0 Å². The molecule has 0 spiro atoms. The maximum Gasteiger partial charge on any atom is 0.0229 e. The molecule has 0 aliphatic carbocycles. The Kier molecular flexibility index (Phi) is 6.70. The lowest BCUT2D eigenvalue weighted by Crippen LogP contribution is -2.00. The van der Waals surface area contributed by atoms with Crippen LogP contribution in [-0.4, -0.2) is 44.5 Å². The molecule has 2 heterocycles. The van der Waals surface area contributed by atoms with Crippen molar-refractivity contribution >= 4 is 47.0 Å². The Labute approximate surface area is 117 Å². The predicted octanol–water partition coefficient (Wildman–Crippen LogP) is 4.24. The van der Waals surface area contributed by atoms with Gasteiger partial charge in [0.25, 0.3) is 0 Å². The second-order valence-corrected chi connectivity index (χ2v) is 9.91. The first kappa shape index (κ1) is 13.8. The molecule has 94 valence electrons. The summed E-state index contributed by atoms with van der Waals surface area (Å²) >= 11 is 8.62. The summed E-state index contributed by atoms with van der Waals surface area (Å²) in [6, 6.07) is 0. The molecule has 0 aromatic rings. The Morgan fingerprint density at radius 3 is 2.50 bits per heavy atom. The van der Waals surface area contributed by atoms with Crippen molar-refractivity contribution in [2.45, 2.75) is 41.9 Å². The fourth-order valence-corrected chi connectivity index (χ4v) is 5.58. The lowest BCUT2D eigenvalue weighted by molar-refractivity contribution is 0.718. The number of thioether (sulfide) groups is 4. The zero-order chi connectivity index (χ0) is 11.2. The van der Waals surface area contributed by atoms with E-state index >= 15 is 0 Å². The molecule has 0 aromatic carbocycles. The Morgan fingerprint density at radius 1 is 1.12 bits per heavy atom. The van der Waals surface area contributed by atoms with Crippen LogP contribution in [0.5, 0.6) is 0 Å². The monoisotopic (exact) mass is 294 g/mol. The van der Waals surface area contributed by atoms with E-state index in [2.05, 4.69) is 54.0 Å². The van der Waals surface area contributed by atoms with Gasteiger partial charge in [0.1, 0.15) is 0 Å². The largest absolute Gasteiger partial charge is 0.161 e. The van der Waals surface area contributed by atoms with E-state index in [1.54, 1.807) is 0 Å². The second kappa shape index (κ2) is 7.75. The van der Waals surface area contributed by atoms with Crippen LogP contribution in [0, 0.1) is 0 Å². The lowest BCUT2D eigenvalue weighted by atomic mass is 10.2. The third-order valence-electron chi connectivity index (χ3n) is 2.82. The first-order valence-electron chi connectivity index (χ1n) is 6.27. The van der Waals surface area contributed by atoms with E-state index in [9.17, 15) is 0 Å². The minimum absolute atomic E-state index is 0.894. The Hall–Kier alpha value is 1.40. The lowest BCUT2D eigenvalue weighted by Gasteiger charge is -2.09. The fourth-order valence-electron chi connectivity index (χ4n) is 1.53. The van der Waals surface area contributed by atoms with Crippen molar-refractivity contribution in [3.8, 4) is 0 Å². The second-order valence-electron chi connectivity index (χ2n) is 4.63. The Morgan fingerprint density at radius 2 is 1.81 bits per heavy atom. The highest BCUT2D eigenvalue weighted by Crippen LogP contribution is 2.35. The Balaban J connectivity index is 1.32. The summed E-state index contributed by atoms with van der Waals surface area (Å²) in [6.07, 6.45) is 4.31. The van der Waals surface area contributed by atoms with Crippen molar-refractivity contribution in [1.29, 1.82) is 0 Å². The van der Waals surface area contributed by atoms with Gasteiger partial charge in [-0.25, -0.2) is 0 Å². The van der Waals surface area contributed by atoms with Gasteiger partial charge in [-0.15, -0.1) is 0 Å². The minimum Gasteiger partial charge on any atom is -0.161 e. The molecular formula is C12H22S4. The SMILES string of the molecule is CC(CCCCSCC1CS1)SCC1CS1. The van der Waals surface area contributed by atoms with E-state index in [0.717, 1.165) is 15.7 Å². The van der Waals surface area contributed by atoms with Gasteiger partial charge in [-0.1, -0.05) is 13.3 Å². The van der Waals surface area contributed by atoms with Crippen molar-refractivity contribution in [2.24, 2.45) is 0 Å². The van der Waals surface area contributed by atoms with Crippen molar-refractivity contribution in [2.75, 3.05) is 28.8 Å². The maximum atomic E-state index is 2.41. The molecule has 0 bridgehead atoms. The molecule has 0 nitrogen and oxygen atoms in total. The van der Waals surface area contributed by atoms with Gasteiger partial charge in [0, 0.05) is 38.8 Å². The molecule has 0 N–H and O–H groups in total. The van der Waals surface area contributed by atoms with E-state index in [1.807, 2.05) is 0 Å². The van der Waals surface area contributed by atoms with Gasteiger partial charge in [0.2, 0.25) is 0 Å². The standard InChI is InChI=1S/C12H22S4/c1-10(14-7-12-9-16-12)4-2-3-5-13-6-11-8-15-11/h10-12H,2-9H2,1H3. The minimum atomic E-state index is 0.894. The molecule has 0 saturated carbocycles. The molecule has 3 atom stereocenters. The Bertz CT molecular complexity index is 189. The average molecular weight is 295 g/mol. The van der Waals surface area contributed by atoms with Gasteiger partial charge in [-0.2, -0.15) is 47.0 Å². The van der Waals surface area contributed by atoms with Crippen molar-refractivity contribution < 1.29 is 0 Å². The summed E-state index contributed by atoms with van der Waals surface area (Å²) in [5, 5.41) is 2.93. The van der Waals surface area contributed by atoms with Crippen LogP contribution in [0.3, 0.4) is 0 Å². The van der Waals surface area contributed by atoms with Gasteiger partial charge in [0.15, 0.2) is 0 Å². The summed E-state index contributed by atoms with van der Waals surface area (Å²) in [4.78, 5) is 0. The molecule has 2 rings (SSSR count). The molecule has 3 unspecified atom stereocenters. The van der Waals surface area contributed by atoms with Gasteiger partial charge in [-0.3, -0.25) is 0 Å². The molecule has 16 heavy (non-hydrogen) atoms. The first-order valence-corrected chi connectivity index (χ1v) is 10.6. The topological polar surface area (TPSA) is 0 Å². The molecule has 2 saturated heterocycles. The quantitative estimate of drug-likeness (QED) is 0.436. The molecule has 2 aliphatic rings. The van der Waals surface area contributed by atoms with E-state index < -0.39 is 0 Å². The van der Waals surface area contributed by atoms with Crippen LogP contribution < -0.4 is 0 Å². The van der Waals surface area contributed by atoms with Crippen LogP contribution in [-0.2, 0) is 0 Å². The summed E-state index contributed by atoms with van der Waals surface area (Å²) in [7, 11) is 0. The summed E-state index contributed by atoms with van der Waals surface area (Å²) < 4.78 is 0. The molecule has 0 radical (unpaired) electrons. The highest BCUT2D eigenvalue weighted by Gasteiger charge is 2.23. The van der Waals surface area contributed by atoms with Crippen LogP contribution in [0.25, 0.3) is 0 Å². The van der Waals surface area contributed by atoms with E-state index in [4.69, 9.17) is 0 Å². The van der Waals surface area contributed by atoms with E-state index in [-0.39, 0.29) is 0 Å². The van der Waals surface area contributed by atoms with E-state index in [1.165, 1.54) is 48.0 Å². The maximum absolute atomic E-state index is 2.41. The molecule has 2 aliphatic heterocycles. The normalized spacial score (nSPS) is 29.1. The van der Waals surface area contributed by atoms with E-state index in [0.29, 0.717) is 0 Å². The van der Waals surface area contributed by atoms with Gasteiger partial charge in [0.05, 0.1) is 0 Å². The zero-order valence-electron chi connectivity index (χ0n) is 10.0. The van der Waals surface area contributed by atoms with Crippen LogP contribution >= 0.6 is 47.0 Å². The summed E-state index contributed by atoms with van der Waals surface area (Å²) in [5.41, 5.74) is 0. The van der Waals surface area contributed by atoms with Crippen LogP contribution in [0.4, 0.5) is 0 Å². The molecular weight excluding hydrogens is 272 g/mol. The molecule has 0 aromatic heterocycles. The number of hydrogen-bond donors (Lipinski definition) is 0. The fraction of sp³-hybridized carbons (Fsp3) is 1.00. The van der Waals surface area contributed by atoms with Crippen molar-refractivity contribution in [3.63, 3.8) is 0 Å². The van der Waals surface area contributed by atoms with Crippen LogP contribution in [0.1, 0.15) is 26.2 Å². The highest BCUT2D eigenvalue weighted by molar-refractivity contribution is 8.09. The smallest absolute Gasteiger partial charge is 0.0229 e. The molecule has 4 heteroatoms. The number of unbranched alkanes of at least 4 members (excludes halogenated alkanes) is 1. The van der Waals surface area contributed by atoms with Gasteiger partial charge >= 0.3 is 0 Å². The third kappa shape index (κ3) is 6.97. The number of rotatable bonds is 10. The highest BCUT2D eigenvalue weighted by atomic mass is 32.2. The first-order chi connectivity index (χ1) is 7.84. The predicted molar refractivity (Wildman–Crippen MR) is 85.6 cm³/mol. The third-order valence-corrected chi connectivity index (χ3v) is 7.80. The summed E-state index contributed by atoms with van der Waals surface area (Å²) in [5.74, 6) is 7.07. The number of hydrogen-bond acceptors (Lipinski definition) is 4. The van der Waals surface area contributed by atoms with Crippen LogP contribution in [0.15, 0.2) is 0 Å². The van der Waals surface area contributed by atoms with Gasteiger partial charge < -0.3 is 0 Å². The molecule has 2 fully saturated rings. The molecule has 0 amide bonds. The van der Waals surface area contributed by atoms with Gasteiger partial charge in [-0.05, 0) is 18.6 Å². The average Bonchev–Trinajstić information content (AvgIpc) is 3.15. The van der Waals surface area contributed by atoms with Crippen LogP contribution in [0.2, 0.25) is 0 Å². The summed E-state index contributed by atoms with van der Waals surface area (Å²) in [6.45, 7) is 2.41.